The summed E-state index contributed by atoms with van der Waals surface area (Å²) in [7, 11) is -2.06. The molecule has 0 rings (SSSR count). The van der Waals surface area contributed by atoms with Crippen LogP contribution >= 0.6 is 7.49 Å². The average Bonchev–Trinajstić information content (AvgIpc) is 2.21. The zero-order valence-electron chi connectivity index (χ0n) is 10.3. The van der Waals surface area contributed by atoms with Crippen LogP contribution in [-0.2, 0) is 4.89 Å². The van der Waals surface area contributed by atoms with E-state index in [-0.39, 0.29) is 0 Å². The van der Waals surface area contributed by atoms with E-state index in [0.717, 1.165) is 18.5 Å². The SMILES string of the molecule is CCCC[PH]([O])(CCCC)CCCC. The Labute approximate surface area is 90.7 Å². The molecule has 0 spiro atoms. The fourth-order valence-electron chi connectivity index (χ4n) is 1.87. The van der Waals surface area contributed by atoms with E-state index in [4.69, 9.17) is 0 Å². The van der Waals surface area contributed by atoms with Crippen LogP contribution in [0.5, 0.6) is 0 Å². The van der Waals surface area contributed by atoms with Gasteiger partial charge in [0.1, 0.15) is 0 Å². The minimum atomic E-state index is -2.06. The molecule has 0 aliphatic rings. The van der Waals surface area contributed by atoms with Crippen molar-refractivity contribution in [1.29, 1.82) is 0 Å². The second kappa shape index (κ2) is 8.68. The van der Waals surface area contributed by atoms with Crippen molar-refractivity contribution < 1.29 is 4.89 Å². The standard InChI is InChI=1S/C12H28OP/c1-4-7-10-14(13,11-8-5-2)12-9-6-3/h14H,4-12H2,1-3H3. The molecular formula is C12H28OP. The summed E-state index contributed by atoms with van der Waals surface area (Å²) < 4.78 is 0. The Kier molecular flexibility index (Phi) is 8.92. The maximum atomic E-state index is 12.5. The quantitative estimate of drug-likeness (QED) is 0.509. The van der Waals surface area contributed by atoms with Gasteiger partial charge in [-0.3, -0.25) is 0 Å². The van der Waals surface area contributed by atoms with Crippen molar-refractivity contribution in [2.45, 2.75) is 59.3 Å². The summed E-state index contributed by atoms with van der Waals surface area (Å²) in [6.07, 6.45) is 10.2. The molecule has 0 N–H and O–H groups in total. The van der Waals surface area contributed by atoms with Crippen molar-refractivity contribution in [3.8, 4) is 0 Å². The molecule has 1 radical (unpaired) electrons. The maximum absolute atomic E-state index is 12.5. The Morgan fingerprint density at radius 2 is 1.00 bits per heavy atom. The van der Waals surface area contributed by atoms with Crippen LogP contribution in [0, 0.1) is 0 Å². The van der Waals surface area contributed by atoms with Gasteiger partial charge in [0.15, 0.2) is 0 Å². The molecule has 14 heavy (non-hydrogen) atoms. The van der Waals surface area contributed by atoms with E-state index in [1.807, 2.05) is 0 Å². The van der Waals surface area contributed by atoms with E-state index in [9.17, 15) is 4.89 Å². The van der Waals surface area contributed by atoms with E-state index >= 15 is 0 Å². The molecule has 0 amide bonds. The molecule has 0 fully saturated rings. The molecule has 0 atom stereocenters. The van der Waals surface area contributed by atoms with Crippen molar-refractivity contribution >= 4 is 7.49 Å². The summed E-state index contributed by atoms with van der Waals surface area (Å²) in [5.74, 6) is 0. The van der Waals surface area contributed by atoms with E-state index < -0.39 is 7.49 Å². The summed E-state index contributed by atoms with van der Waals surface area (Å²) in [4.78, 5) is 12.5. The van der Waals surface area contributed by atoms with Gasteiger partial charge >= 0.3 is 90.2 Å². The molecule has 0 aliphatic heterocycles. The number of hydrogen-bond acceptors (Lipinski definition) is 0. The van der Waals surface area contributed by atoms with Crippen LogP contribution in [0.25, 0.3) is 0 Å². The Morgan fingerprint density at radius 3 is 1.21 bits per heavy atom. The summed E-state index contributed by atoms with van der Waals surface area (Å²) >= 11 is 0. The average molecular weight is 219 g/mol. The van der Waals surface area contributed by atoms with Crippen molar-refractivity contribution in [2.75, 3.05) is 18.5 Å². The number of rotatable bonds is 9. The third kappa shape index (κ3) is 6.79. The van der Waals surface area contributed by atoms with Crippen LogP contribution < -0.4 is 0 Å². The van der Waals surface area contributed by atoms with Gasteiger partial charge in [0.25, 0.3) is 0 Å². The molecule has 0 aliphatic carbocycles. The Balaban J connectivity index is 3.89. The van der Waals surface area contributed by atoms with Crippen molar-refractivity contribution in [3.05, 3.63) is 0 Å². The molecule has 0 aromatic rings. The third-order valence-electron chi connectivity index (χ3n) is 2.96. The predicted octanol–water partition coefficient (Wildman–Crippen LogP) is 4.48. The second-order valence-corrected chi connectivity index (χ2v) is 8.36. The summed E-state index contributed by atoms with van der Waals surface area (Å²) in [5.41, 5.74) is 0. The van der Waals surface area contributed by atoms with Gasteiger partial charge in [0.2, 0.25) is 0 Å². The van der Waals surface area contributed by atoms with Crippen LogP contribution in [0.1, 0.15) is 59.3 Å². The fraction of sp³-hybridized carbons (Fsp3) is 1.00. The molecule has 0 saturated heterocycles. The molecule has 0 heterocycles. The Morgan fingerprint density at radius 1 is 0.714 bits per heavy atom. The van der Waals surface area contributed by atoms with Gasteiger partial charge in [-0.05, 0) is 0 Å². The Hall–Kier alpha value is 0.390. The second-order valence-electron chi connectivity index (χ2n) is 4.49. The zero-order chi connectivity index (χ0) is 10.9. The normalized spacial score (nSPS) is 13.1. The molecule has 0 aromatic heterocycles. The van der Waals surface area contributed by atoms with E-state index in [1.165, 1.54) is 38.5 Å². The van der Waals surface area contributed by atoms with Gasteiger partial charge in [0, 0.05) is 0 Å². The summed E-state index contributed by atoms with van der Waals surface area (Å²) in [6, 6.07) is 0. The minimum absolute atomic E-state index is 1.03. The van der Waals surface area contributed by atoms with E-state index in [0.29, 0.717) is 0 Å². The molecule has 87 valence electrons. The fourth-order valence-corrected chi connectivity index (χ4v) is 5.62. The van der Waals surface area contributed by atoms with Crippen LogP contribution in [-0.4, -0.2) is 18.5 Å². The Bertz CT molecular complexity index is 104. The first-order chi connectivity index (χ1) is 6.68. The van der Waals surface area contributed by atoms with Gasteiger partial charge in [-0.1, -0.05) is 0 Å². The molecule has 0 saturated carbocycles. The first-order valence-electron chi connectivity index (χ1n) is 6.39. The first kappa shape index (κ1) is 14.4. The van der Waals surface area contributed by atoms with Gasteiger partial charge in [-0.15, -0.1) is 0 Å². The molecule has 0 aromatic carbocycles. The van der Waals surface area contributed by atoms with Crippen LogP contribution in [0.3, 0.4) is 0 Å². The van der Waals surface area contributed by atoms with Crippen molar-refractivity contribution in [3.63, 3.8) is 0 Å². The first-order valence-corrected chi connectivity index (χ1v) is 8.92. The van der Waals surface area contributed by atoms with E-state index in [1.54, 1.807) is 0 Å². The summed E-state index contributed by atoms with van der Waals surface area (Å²) in [5, 5.41) is 0. The number of unbranched alkanes of at least 4 members (excludes halogenated alkanes) is 3. The van der Waals surface area contributed by atoms with Gasteiger partial charge in [0.05, 0.1) is 0 Å². The predicted molar refractivity (Wildman–Crippen MR) is 68.3 cm³/mol. The van der Waals surface area contributed by atoms with Gasteiger partial charge in [-0.2, -0.15) is 0 Å². The van der Waals surface area contributed by atoms with Crippen molar-refractivity contribution in [1.82, 2.24) is 0 Å². The molecular weight excluding hydrogens is 191 g/mol. The third-order valence-corrected chi connectivity index (χ3v) is 6.75. The molecule has 0 bridgehead atoms. The zero-order valence-corrected chi connectivity index (χ0v) is 11.3. The van der Waals surface area contributed by atoms with Crippen LogP contribution in [0.15, 0.2) is 0 Å². The molecule has 0 unspecified atom stereocenters. The van der Waals surface area contributed by atoms with E-state index in [2.05, 4.69) is 20.8 Å². The van der Waals surface area contributed by atoms with Crippen LogP contribution in [0.2, 0.25) is 0 Å². The molecule has 2 heteroatoms. The topological polar surface area (TPSA) is 19.9 Å². The van der Waals surface area contributed by atoms with Gasteiger partial charge < -0.3 is 0 Å². The number of hydrogen-bond donors (Lipinski definition) is 0. The molecule has 1 nitrogen and oxygen atoms in total. The summed E-state index contributed by atoms with van der Waals surface area (Å²) in [6.45, 7) is 6.57. The van der Waals surface area contributed by atoms with Gasteiger partial charge in [-0.25, -0.2) is 0 Å². The van der Waals surface area contributed by atoms with Crippen molar-refractivity contribution in [2.24, 2.45) is 0 Å². The van der Waals surface area contributed by atoms with Crippen LogP contribution in [0.4, 0.5) is 0 Å². The monoisotopic (exact) mass is 219 g/mol.